The average molecular weight is 389 g/mol. The van der Waals surface area contributed by atoms with Gasteiger partial charge in [-0.1, -0.05) is 34.1 Å². The normalized spacial score (nSPS) is 12.1. The van der Waals surface area contributed by atoms with Gasteiger partial charge in [0.05, 0.1) is 12.9 Å². The van der Waals surface area contributed by atoms with Gasteiger partial charge in [0, 0.05) is 29.3 Å². The molecular formula is C19H18BrFN2O. The molecule has 0 spiro atoms. The lowest BCUT2D eigenvalue weighted by Gasteiger charge is -2.19. The van der Waals surface area contributed by atoms with Gasteiger partial charge in [0.1, 0.15) is 11.6 Å². The van der Waals surface area contributed by atoms with Crippen LogP contribution in [0.5, 0.6) is 5.75 Å². The molecule has 3 aromatic rings. The highest BCUT2D eigenvalue weighted by atomic mass is 79.9. The molecule has 0 fully saturated rings. The van der Waals surface area contributed by atoms with Gasteiger partial charge >= 0.3 is 0 Å². The lowest BCUT2D eigenvalue weighted by atomic mass is 9.96. The van der Waals surface area contributed by atoms with Crippen LogP contribution < -0.4 is 4.74 Å². The zero-order valence-corrected chi connectivity index (χ0v) is 14.7. The third-order valence-electron chi connectivity index (χ3n) is 3.88. The molecule has 1 atom stereocenters. The predicted molar refractivity (Wildman–Crippen MR) is 95.6 cm³/mol. The quantitative estimate of drug-likeness (QED) is 0.566. The van der Waals surface area contributed by atoms with Gasteiger partial charge in [-0.15, -0.1) is 0 Å². The van der Waals surface area contributed by atoms with E-state index in [1.807, 2.05) is 24.7 Å². The second-order valence-corrected chi connectivity index (χ2v) is 6.42. The van der Waals surface area contributed by atoms with E-state index in [2.05, 4.69) is 37.6 Å². The van der Waals surface area contributed by atoms with Gasteiger partial charge < -0.3 is 9.30 Å². The van der Waals surface area contributed by atoms with Gasteiger partial charge in [-0.2, -0.15) is 0 Å². The molecule has 5 heteroatoms. The first-order chi connectivity index (χ1) is 11.7. The van der Waals surface area contributed by atoms with Gasteiger partial charge in [-0.3, -0.25) is 0 Å². The Balaban J connectivity index is 1.68. The van der Waals surface area contributed by atoms with E-state index in [1.165, 1.54) is 17.7 Å². The van der Waals surface area contributed by atoms with Gasteiger partial charge in [0.2, 0.25) is 0 Å². The first-order valence-corrected chi connectivity index (χ1v) is 8.60. The summed E-state index contributed by atoms with van der Waals surface area (Å²) < 4.78 is 21.9. The van der Waals surface area contributed by atoms with E-state index in [1.54, 1.807) is 18.3 Å². The summed E-state index contributed by atoms with van der Waals surface area (Å²) in [6.45, 7) is 1.39. The van der Waals surface area contributed by atoms with E-state index in [4.69, 9.17) is 4.74 Å². The Morgan fingerprint density at radius 3 is 2.62 bits per heavy atom. The maximum atomic E-state index is 12.9. The second kappa shape index (κ2) is 8.11. The topological polar surface area (TPSA) is 27.1 Å². The minimum absolute atomic E-state index is 0.256. The van der Waals surface area contributed by atoms with E-state index >= 15 is 0 Å². The summed E-state index contributed by atoms with van der Waals surface area (Å²) >= 11 is 3.64. The molecule has 1 heterocycles. The monoisotopic (exact) mass is 388 g/mol. The Morgan fingerprint density at radius 1 is 1.12 bits per heavy atom. The molecule has 0 radical (unpaired) electrons. The van der Waals surface area contributed by atoms with Crippen molar-refractivity contribution in [3.8, 4) is 5.75 Å². The minimum atomic E-state index is -0.256. The van der Waals surface area contributed by atoms with Gasteiger partial charge in [0.15, 0.2) is 0 Å². The number of ether oxygens (including phenoxy) is 1. The zero-order chi connectivity index (χ0) is 16.8. The van der Waals surface area contributed by atoms with Crippen molar-refractivity contribution >= 4 is 15.9 Å². The Bertz CT molecular complexity index is 759. The third-order valence-corrected chi connectivity index (χ3v) is 4.61. The molecule has 0 amide bonds. The lowest BCUT2D eigenvalue weighted by Crippen LogP contribution is -2.12. The largest absolute Gasteiger partial charge is 0.494 e. The number of halogens is 2. The fourth-order valence-corrected chi connectivity index (χ4v) is 3.26. The van der Waals surface area contributed by atoms with Crippen LogP contribution in [0.4, 0.5) is 4.39 Å². The summed E-state index contributed by atoms with van der Waals surface area (Å²) in [5, 5.41) is 0. The summed E-state index contributed by atoms with van der Waals surface area (Å²) in [5.74, 6) is 0.716. The molecule has 0 saturated carbocycles. The Labute approximate surface area is 149 Å². The Morgan fingerprint density at radius 2 is 1.92 bits per heavy atom. The maximum absolute atomic E-state index is 12.9. The first-order valence-electron chi connectivity index (χ1n) is 7.81. The van der Waals surface area contributed by atoms with Crippen LogP contribution in [0.25, 0.3) is 0 Å². The van der Waals surface area contributed by atoms with Crippen molar-refractivity contribution in [2.45, 2.75) is 18.9 Å². The third kappa shape index (κ3) is 4.45. The molecule has 0 bridgehead atoms. The molecule has 1 aromatic heterocycles. The van der Waals surface area contributed by atoms with E-state index in [-0.39, 0.29) is 11.7 Å². The number of imidazole rings is 1. The van der Waals surface area contributed by atoms with Gasteiger partial charge in [0.25, 0.3) is 0 Å². The number of hydrogen-bond donors (Lipinski definition) is 0. The molecule has 0 aliphatic rings. The van der Waals surface area contributed by atoms with Crippen LogP contribution >= 0.6 is 15.9 Å². The van der Waals surface area contributed by atoms with E-state index in [0.717, 1.165) is 17.4 Å². The van der Waals surface area contributed by atoms with E-state index < -0.39 is 0 Å². The highest BCUT2D eigenvalue weighted by molar-refractivity contribution is 9.10. The highest BCUT2D eigenvalue weighted by Gasteiger charge is 2.15. The number of hydrogen-bond acceptors (Lipinski definition) is 2. The van der Waals surface area contributed by atoms with Crippen LogP contribution in [0.2, 0.25) is 0 Å². The van der Waals surface area contributed by atoms with Crippen molar-refractivity contribution < 1.29 is 9.13 Å². The number of nitrogens with zero attached hydrogens (tertiary/aromatic N) is 2. The van der Waals surface area contributed by atoms with Crippen LogP contribution in [0.3, 0.4) is 0 Å². The van der Waals surface area contributed by atoms with Crippen molar-refractivity contribution in [3.63, 3.8) is 0 Å². The average Bonchev–Trinajstić information content (AvgIpc) is 3.09. The smallest absolute Gasteiger partial charge is 0.123 e. The Kier molecular flexibility index (Phi) is 5.64. The first kappa shape index (κ1) is 16.7. The molecule has 0 N–H and O–H groups in total. The molecule has 3 nitrogen and oxygen atoms in total. The number of benzene rings is 2. The standard InChI is InChI=1S/C19H18BrFN2O/c20-19-4-2-1-3-18(19)15(13-23-11-10-22-14-23)9-12-24-17-7-5-16(21)6-8-17/h1-8,10-11,14-15H,9,12-13H2. The molecule has 0 saturated heterocycles. The van der Waals surface area contributed by atoms with Gasteiger partial charge in [-0.05, 0) is 42.3 Å². The van der Waals surface area contributed by atoms with Crippen LogP contribution in [0.1, 0.15) is 17.9 Å². The van der Waals surface area contributed by atoms with Crippen molar-refractivity contribution in [2.24, 2.45) is 0 Å². The zero-order valence-electron chi connectivity index (χ0n) is 13.1. The van der Waals surface area contributed by atoms with Crippen molar-refractivity contribution in [1.82, 2.24) is 9.55 Å². The van der Waals surface area contributed by atoms with Crippen molar-refractivity contribution in [1.29, 1.82) is 0 Å². The fraction of sp³-hybridized carbons (Fsp3) is 0.211. The second-order valence-electron chi connectivity index (χ2n) is 5.57. The fourth-order valence-electron chi connectivity index (χ4n) is 2.65. The summed E-state index contributed by atoms with van der Waals surface area (Å²) in [7, 11) is 0. The van der Waals surface area contributed by atoms with Gasteiger partial charge in [-0.25, -0.2) is 9.37 Å². The molecule has 0 aliphatic carbocycles. The summed E-state index contributed by atoms with van der Waals surface area (Å²) in [6.07, 6.45) is 6.42. The molecule has 0 aliphatic heterocycles. The molecule has 124 valence electrons. The summed E-state index contributed by atoms with van der Waals surface area (Å²) in [4.78, 5) is 4.11. The van der Waals surface area contributed by atoms with Crippen LogP contribution in [-0.4, -0.2) is 16.2 Å². The maximum Gasteiger partial charge on any atom is 0.123 e. The predicted octanol–water partition coefficient (Wildman–Crippen LogP) is 5.04. The number of rotatable bonds is 7. The van der Waals surface area contributed by atoms with Crippen LogP contribution in [-0.2, 0) is 6.54 Å². The van der Waals surface area contributed by atoms with Crippen LogP contribution in [0.15, 0.2) is 71.7 Å². The van der Waals surface area contributed by atoms with E-state index in [9.17, 15) is 4.39 Å². The van der Waals surface area contributed by atoms with Crippen molar-refractivity contribution in [3.05, 3.63) is 83.1 Å². The SMILES string of the molecule is Fc1ccc(OCCC(Cn2ccnc2)c2ccccc2Br)cc1. The molecule has 24 heavy (non-hydrogen) atoms. The highest BCUT2D eigenvalue weighted by Crippen LogP contribution is 2.29. The lowest BCUT2D eigenvalue weighted by molar-refractivity contribution is 0.290. The Hall–Kier alpha value is -2.14. The summed E-state index contributed by atoms with van der Waals surface area (Å²) in [5.41, 5.74) is 1.24. The van der Waals surface area contributed by atoms with E-state index in [0.29, 0.717) is 12.4 Å². The molecule has 1 unspecified atom stereocenters. The molecule has 3 rings (SSSR count). The summed E-state index contributed by atoms with van der Waals surface area (Å²) in [6, 6.07) is 14.4. The molecule has 2 aromatic carbocycles. The van der Waals surface area contributed by atoms with Crippen molar-refractivity contribution in [2.75, 3.05) is 6.61 Å². The molecular weight excluding hydrogens is 371 g/mol. The van der Waals surface area contributed by atoms with Crippen LogP contribution in [0, 0.1) is 5.82 Å². The number of aromatic nitrogens is 2. The minimum Gasteiger partial charge on any atom is -0.494 e.